The van der Waals surface area contributed by atoms with Gasteiger partial charge in [-0.25, -0.2) is 0 Å². The summed E-state index contributed by atoms with van der Waals surface area (Å²) >= 11 is 0. The number of nitrogens with one attached hydrogen (secondary N) is 2. The first-order valence-corrected chi connectivity index (χ1v) is 13.5. The van der Waals surface area contributed by atoms with Crippen LogP contribution < -0.4 is 10.6 Å². The fourth-order valence-electron chi connectivity index (χ4n) is 8.00. The van der Waals surface area contributed by atoms with E-state index in [1.54, 1.807) is 5.57 Å². The van der Waals surface area contributed by atoms with E-state index in [0.29, 0.717) is 17.4 Å². The minimum absolute atomic E-state index is 0.0950. The summed E-state index contributed by atoms with van der Waals surface area (Å²) < 4.78 is 12.2. The van der Waals surface area contributed by atoms with Crippen molar-refractivity contribution in [1.82, 2.24) is 10.6 Å². The summed E-state index contributed by atoms with van der Waals surface area (Å²) in [7, 11) is 4.01. The van der Waals surface area contributed by atoms with E-state index in [2.05, 4.69) is 45.4 Å². The van der Waals surface area contributed by atoms with Gasteiger partial charge in [0.15, 0.2) is 0 Å². The lowest BCUT2D eigenvalue weighted by molar-refractivity contribution is -0.0773. The Morgan fingerprint density at radius 1 is 1.16 bits per heavy atom. The number of hydrogen-bond acceptors (Lipinski definition) is 4. The lowest BCUT2D eigenvalue weighted by Gasteiger charge is -2.54. The molecule has 4 rings (SSSR count). The fraction of sp³-hybridized carbons (Fsp3) is 0.929. The zero-order valence-electron chi connectivity index (χ0n) is 21.8. The molecule has 3 fully saturated rings. The molecule has 0 spiro atoms. The third-order valence-corrected chi connectivity index (χ3v) is 10.1. The zero-order valence-corrected chi connectivity index (χ0v) is 21.8. The van der Waals surface area contributed by atoms with Crippen molar-refractivity contribution in [2.24, 2.45) is 35.0 Å². The molecule has 3 saturated carbocycles. The highest BCUT2D eigenvalue weighted by Crippen LogP contribution is 2.63. The predicted octanol–water partition coefficient (Wildman–Crippen LogP) is 5.53. The molecule has 0 radical (unpaired) electrons. The molecule has 4 nitrogen and oxygen atoms in total. The van der Waals surface area contributed by atoms with E-state index < -0.39 is 0 Å². The molecule has 3 aliphatic carbocycles. The second-order valence-corrected chi connectivity index (χ2v) is 12.3. The van der Waals surface area contributed by atoms with Gasteiger partial charge in [-0.3, -0.25) is 5.32 Å². The van der Waals surface area contributed by atoms with Crippen LogP contribution in [0.3, 0.4) is 0 Å². The summed E-state index contributed by atoms with van der Waals surface area (Å²) in [5.74, 6) is 4.02. The molecule has 7 atom stereocenters. The average Bonchev–Trinajstić information content (AvgIpc) is 3.16. The Morgan fingerprint density at radius 2 is 1.97 bits per heavy atom. The van der Waals surface area contributed by atoms with Crippen LogP contribution in [0.1, 0.15) is 85.5 Å². The van der Waals surface area contributed by atoms with E-state index in [-0.39, 0.29) is 5.66 Å². The zero-order chi connectivity index (χ0) is 22.9. The van der Waals surface area contributed by atoms with Crippen LogP contribution in [-0.2, 0) is 9.47 Å². The highest BCUT2D eigenvalue weighted by atomic mass is 16.5. The minimum atomic E-state index is -0.0950. The molecule has 0 aromatic rings. The molecule has 0 bridgehead atoms. The molecule has 0 aromatic carbocycles. The topological polar surface area (TPSA) is 42.5 Å². The van der Waals surface area contributed by atoms with E-state index >= 15 is 0 Å². The second kappa shape index (κ2) is 10.1. The maximum Gasteiger partial charge on any atom is 0.0925 e. The smallest absolute Gasteiger partial charge is 0.0925 e. The van der Waals surface area contributed by atoms with Gasteiger partial charge in [0.1, 0.15) is 0 Å². The van der Waals surface area contributed by atoms with Crippen LogP contribution in [0.4, 0.5) is 0 Å². The van der Waals surface area contributed by atoms with Crippen molar-refractivity contribution in [2.75, 3.05) is 33.9 Å². The number of likely N-dealkylation sites (N-methyl/N-ethyl adjacent to an activating group) is 1. The molecule has 184 valence electrons. The lowest BCUT2D eigenvalue weighted by atomic mass is 9.52. The number of fused-ring (bicyclic) bond motifs is 5. The first kappa shape index (κ1) is 24.7. The van der Waals surface area contributed by atoms with Gasteiger partial charge in [-0.2, -0.15) is 0 Å². The SMILES string of the molecule is CNC1(NCC(C)C)CCCC2C(=C(C)COC1)CC1C2CCC2CC(OC)CCC21C. The van der Waals surface area contributed by atoms with Crippen molar-refractivity contribution in [1.29, 1.82) is 0 Å². The van der Waals surface area contributed by atoms with Gasteiger partial charge in [0.25, 0.3) is 0 Å². The van der Waals surface area contributed by atoms with E-state index in [0.717, 1.165) is 49.9 Å². The minimum Gasteiger partial charge on any atom is -0.381 e. The molecule has 0 aromatic heterocycles. The van der Waals surface area contributed by atoms with Crippen molar-refractivity contribution < 1.29 is 9.47 Å². The standard InChI is InChI=1S/C28H50N2O2/c1-19(2)16-30-28(29-5)12-7-8-23-24-10-9-21-14-22(31-6)11-13-27(21,4)26(24)15-25(23)20(3)17-32-18-28/h19,21-24,26,29-30H,7-18H2,1-6H3. The average molecular weight is 447 g/mol. The van der Waals surface area contributed by atoms with Crippen molar-refractivity contribution in [3.63, 3.8) is 0 Å². The van der Waals surface area contributed by atoms with Gasteiger partial charge >= 0.3 is 0 Å². The summed E-state index contributed by atoms with van der Waals surface area (Å²) in [6.07, 6.45) is 12.3. The Balaban J connectivity index is 1.52. The van der Waals surface area contributed by atoms with Gasteiger partial charge in [0.2, 0.25) is 0 Å². The summed E-state index contributed by atoms with van der Waals surface area (Å²) in [5.41, 5.74) is 3.73. The second-order valence-electron chi connectivity index (χ2n) is 12.3. The third kappa shape index (κ3) is 4.72. The first-order valence-electron chi connectivity index (χ1n) is 13.5. The molecule has 2 N–H and O–H groups in total. The largest absolute Gasteiger partial charge is 0.381 e. The van der Waals surface area contributed by atoms with Crippen molar-refractivity contribution in [3.05, 3.63) is 11.1 Å². The van der Waals surface area contributed by atoms with Gasteiger partial charge in [-0.05, 0) is 119 Å². The van der Waals surface area contributed by atoms with Crippen LogP contribution in [-0.4, -0.2) is 45.7 Å². The predicted molar refractivity (Wildman–Crippen MR) is 133 cm³/mol. The lowest BCUT2D eigenvalue weighted by Crippen LogP contribution is -2.59. The Labute approximate surface area is 197 Å². The molecule has 1 aliphatic heterocycles. The van der Waals surface area contributed by atoms with E-state index in [1.807, 2.05) is 7.11 Å². The molecular formula is C28H50N2O2. The normalized spacial score (nSPS) is 43.0. The summed E-state index contributed by atoms with van der Waals surface area (Å²) in [5, 5.41) is 7.43. The van der Waals surface area contributed by atoms with Crippen LogP contribution in [0.15, 0.2) is 11.1 Å². The molecule has 1 heterocycles. The number of rotatable bonds is 5. The summed E-state index contributed by atoms with van der Waals surface area (Å²) in [6.45, 7) is 12.2. The van der Waals surface area contributed by atoms with Gasteiger partial charge in [-0.1, -0.05) is 26.3 Å². The van der Waals surface area contributed by atoms with Gasteiger partial charge in [-0.15, -0.1) is 0 Å². The van der Waals surface area contributed by atoms with Crippen LogP contribution in [0.5, 0.6) is 0 Å². The Hall–Kier alpha value is -0.420. The number of allylic oxidation sites excluding steroid dienone is 1. The van der Waals surface area contributed by atoms with Crippen molar-refractivity contribution in [3.8, 4) is 0 Å². The maximum absolute atomic E-state index is 6.38. The van der Waals surface area contributed by atoms with Crippen LogP contribution >= 0.6 is 0 Å². The van der Waals surface area contributed by atoms with Gasteiger partial charge in [0.05, 0.1) is 25.0 Å². The molecule has 7 unspecified atom stereocenters. The van der Waals surface area contributed by atoms with E-state index in [1.165, 1.54) is 56.9 Å². The molecule has 4 heteroatoms. The van der Waals surface area contributed by atoms with Crippen LogP contribution in [0, 0.1) is 35.0 Å². The van der Waals surface area contributed by atoms with Crippen molar-refractivity contribution >= 4 is 0 Å². The molecular weight excluding hydrogens is 396 g/mol. The van der Waals surface area contributed by atoms with E-state index in [4.69, 9.17) is 9.47 Å². The highest BCUT2D eigenvalue weighted by Gasteiger charge is 2.55. The van der Waals surface area contributed by atoms with Gasteiger partial charge in [0, 0.05) is 7.11 Å². The third-order valence-electron chi connectivity index (χ3n) is 10.1. The first-order chi connectivity index (χ1) is 15.3. The highest BCUT2D eigenvalue weighted by molar-refractivity contribution is 5.25. The molecule has 4 aliphatic rings. The monoisotopic (exact) mass is 446 g/mol. The number of hydrogen-bond donors (Lipinski definition) is 2. The molecule has 0 saturated heterocycles. The maximum atomic E-state index is 6.38. The Kier molecular flexibility index (Phi) is 7.76. The summed E-state index contributed by atoms with van der Waals surface area (Å²) in [6, 6.07) is 0. The van der Waals surface area contributed by atoms with Crippen LogP contribution in [0.2, 0.25) is 0 Å². The number of ether oxygens (including phenoxy) is 2. The summed E-state index contributed by atoms with van der Waals surface area (Å²) in [4.78, 5) is 0. The van der Waals surface area contributed by atoms with Crippen molar-refractivity contribution in [2.45, 2.75) is 97.2 Å². The van der Waals surface area contributed by atoms with E-state index in [9.17, 15) is 0 Å². The van der Waals surface area contributed by atoms with Crippen LogP contribution in [0.25, 0.3) is 0 Å². The number of methoxy groups -OCH3 is 1. The quantitative estimate of drug-likeness (QED) is 0.430. The van der Waals surface area contributed by atoms with Gasteiger partial charge < -0.3 is 14.8 Å². The molecule has 0 amide bonds. The fourth-order valence-corrected chi connectivity index (χ4v) is 8.00. The Morgan fingerprint density at radius 3 is 2.69 bits per heavy atom. The molecule has 32 heavy (non-hydrogen) atoms. The Bertz CT molecular complexity index is 676.